The van der Waals surface area contributed by atoms with Crippen LogP contribution in [0.1, 0.15) is 18.4 Å². The van der Waals surface area contributed by atoms with Crippen LogP contribution in [0.15, 0.2) is 18.5 Å². The molecule has 8 nitrogen and oxygen atoms in total. The van der Waals surface area contributed by atoms with Crippen LogP contribution >= 0.6 is 0 Å². The first kappa shape index (κ1) is 19.2. The molecule has 0 saturated carbocycles. The van der Waals surface area contributed by atoms with Gasteiger partial charge in [-0.2, -0.15) is 31.9 Å². The molecular formula is C15H15F3N4O4S. The predicted molar refractivity (Wildman–Crippen MR) is 87.5 cm³/mol. The fraction of sp³-hybridized carbons (Fsp3) is 0.467. The highest BCUT2D eigenvalue weighted by atomic mass is 32.2. The number of hydrogen-bond acceptors (Lipinski definition) is 7. The molecule has 27 heavy (non-hydrogen) atoms. The zero-order chi connectivity index (χ0) is 19.7. The van der Waals surface area contributed by atoms with Crippen molar-refractivity contribution in [2.75, 3.05) is 25.1 Å². The summed E-state index contributed by atoms with van der Waals surface area (Å²) in [6, 6.07) is 2.86. The Labute approximate surface area is 152 Å². The topological polar surface area (TPSA) is 106 Å². The summed E-state index contributed by atoms with van der Waals surface area (Å²) in [6.07, 6.45) is 4.23. The number of fused-ring (bicyclic) bond motifs is 1. The van der Waals surface area contributed by atoms with Crippen molar-refractivity contribution in [2.24, 2.45) is 5.92 Å². The number of nitrogens with zero attached hydrogens (tertiary/aromatic N) is 3. The molecule has 1 fully saturated rings. The lowest BCUT2D eigenvalue weighted by atomic mass is 10.0. The number of anilines is 1. The highest BCUT2D eigenvalue weighted by molar-refractivity contribution is 7.88. The summed E-state index contributed by atoms with van der Waals surface area (Å²) < 4.78 is 71.5. The first-order chi connectivity index (χ1) is 12.7. The van der Waals surface area contributed by atoms with Crippen molar-refractivity contribution < 1.29 is 30.5 Å². The quantitative estimate of drug-likeness (QED) is 0.602. The standard InChI is InChI=1S/C15H15F3N4O4S/c16-15(17,18)27(23,24)26-13-5-12(20-7-10-1-3-25-4-2-10)9-22-14(13)11(6-19)8-21-22/h5,8-10,20H,1-4,7H2. The molecule has 0 aliphatic carbocycles. The van der Waals surface area contributed by atoms with Crippen molar-refractivity contribution in [3.63, 3.8) is 0 Å². The zero-order valence-electron chi connectivity index (χ0n) is 13.9. The molecule has 1 N–H and O–H groups in total. The molecule has 12 heteroatoms. The average molecular weight is 404 g/mol. The monoisotopic (exact) mass is 404 g/mol. The van der Waals surface area contributed by atoms with E-state index in [0.29, 0.717) is 31.4 Å². The molecule has 1 aliphatic heterocycles. The molecule has 146 valence electrons. The van der Waals surface area contributed by atoms with E-state index in [1.165, 1.54) is 6.20 Å². The number of nitriles is 1. The van der Waals surface area contributed by atoms with Crippen molar-refractivity contribution in [2.45, 2.75) is 18.3 Å². The Kier molecular flexibility index (Phi) is 5.16. The first-order valence-electron chi connectivity index (χ1n) is 7.95. The molecule has 3 heterocycles. The molecule has 0 radical (unpaired) electrons. The maximum Gasteiger partial charge on any atom is 0.534 e. The number of halogens is 3. The summed E-state index contributed by atoms with van der Waals surface area (Å²) in [5.41, 5.74) is -5.56. The van der Waals surface area contributed by atoms with Crippen molar-refractivity contribution in [1.82, 2.24) is 9.61 Å². The molecule has 0 amide bonds. The fourth-order valence-corrected chi connectivity index (χ4v) is 3.16. The van der Waals surface area contributed by atoms with Gasteiger partial charge >= 0.3 is 15.6 Å². The average Bonchev–Trinajstić information content (AvgIpc) is 3.03. The van der Waals surface area contributed by atoms with Crippen LogP contribution in [0, 0.1) is 17.2 Å². The Morgan fingerprint density at radius 3 is 2.74 bits per heavy atom. The first-order valence-corrected chi connectivity index (χ1v) is 9.36. The van der Waals surface area contributed by atoms with Crippen molar-refractivity contribution >= 4 is 21.3 Å². The molecule has 2 aromatic heterocycles. The van der Waals surface area contributed by atoms with Crippen LogP contribution in [-0.2, 0) is 14.9 Å². The van der Waals surface area contributed by atoms with Gasteiger partial charge in [0.15, 0.2) is 5.75 Å². The van der Waals surface area contributed by atoms with Crippen LogP contribution < -0.4 is 9.50 Å². The van der Waals surface area contributed by atoms with Gasteiger partial charge in [0.1, 0.15) is 17.1 Å². The molecule has 1 saturated heterocycles. The molecule has 3 rings (SSSR count). The van der Waals surface area contributed by atoms with Gasteiger partial charge in [0, 0.05) is 25.8 Å². The van der Waals surface area contributed by atoms with Crippen molar-refractivity contribution in [1.29, 1.82) is 5.26 Å². The van der Waals surface area contributed by atoms with E-state index in [2.05, 4.69) is 14.6 Å². The summed E-state index contributed by atoms with van der Waals surface area (Å²) >= 11 is 0. The molecule has 0 aromatic carbocycles. The zero-order valence-corrected chi connectivity index (χ0v) is 14.7. The normalized spacial score (nSPS) is 16.2. The number of pyridine rings is 1. The van der Waals surface area contributed by atoms with E-state index in [1.807, 2.05) is 0 Å². The Balaban J connectivity index is 1.94. The summed E-state index contributed by atoms with van der Waals surface area (Å²) in [6.45, 7) is 1.79. The smallest absolute Gasteiger partial charge is 0.383 e. The minimum atomic E-state index is -5.89. The summed E-state index contributed by atoms with van der Waals surface area (Å²) in [7, 11) is -5.89. The summed E-state index contributed by atoms with van der Waals surface area (Å²) in [5.74, 6) is -0.316. The molecule has 0 atom stereocenters. The third kappa shape index (κ3) is 4.09. The Bertz CT molecular complexity index is 975. The minimum absolute atomic E-state index is 0.113. The van der Waals surface area contributed by atoms with Crippen molar-refractivity contribution in [3.05, 3.63) is 24.0 Å². The van der Waals surface area contributed by atoms with E-state index >= 15 is 0 Å². The van der Waals surface area contributed by atoms with Crippen LogP contribution in [0.25, 0.3) is 5.52 Å². The Hall–Kier alpha value is -2.52. The van der Waals surface area contributed by atoms with Gasteiger partial charge in [-0.15, -0.1) is 0 Å². The van der Waals surface area contributed by atoms with Crippen LogP contribution in [0.2, 0.25) is 0 Å². The fourth-order valence-electron chi connectivity index (χ4n) is 2.70. The van der Waals surface area contributed by atoms with E-state index in [1.54, 1.807) is 6.07 Å². The van der Waals surface area contributed by atoms with Gasteiger partial charge in [-0.05, 0) is 18.8 Å². The van der Waals surface area contributed by atoms with Crippen molar-refractivity contribution in [3.8, 4) is 11.8 Å². The van der Waals surface area contributed by atoms with Gasteiger partial charge in [-0.1, -0.05) is 0 Å². The number of nitrogens with one attached hydrogen (secondary N) is 1. The second kappa shape index (κ2) is 7.24. The molecule has 1 aliphatic rings. The highest BCUT2D eigenvalue weighted by Gasteiger charge is 2.49. The third-order valence-electron chi connectivity index (χ3n) is 4.12. The number of ether oxygens (including phenoxy) is 1. The van der Waals surface area contributed by atoms with E-state index < -0.39 is 21.4 Å². The maximum atomic E-state index is 12.7. The second-order valence-electron chi connectivity index (χ2n) is 5.98. The van der Waals surface area contributed by atoms with Gasteiger partial charge in [-0.3, -0.25) is 0 Å². The summed E-state index contributed by atoms with van der Waals surface area (Å²) in [5, 5.41) is 16.0. The third-order valence-corrected chi connectivity index (χ3v) is 5.08. The second-order valence-corrected chi connectivity index (χ2v) is 7.51. The highest BCUT2D eigenvalue weighted by Crippen LogP contribution is 2.33. The molecule has 0 unspecified atom stereocenters. The van der Waals surface area contributed by atoms with Crippen LogP contribution in [0.3, 0.4) is 0 Å². The van der Waals surface area contributed by atoms with Gasteiger partial charge < -0.3 is 14.2 Å². The Morgan fingerprint density at radius 1 is 1.41 bits per heavy atom. The lowest BCUT2D eigenvalue weighted by Gasteiger charge is -2.22. The largest absolute Gasteiger partial charge is 0.534 e. The molecular weight excluding hydrogens is 389 g/mol. The summed E-state index contributed by atoms with van der Waals surface area (Å²) in [4.78, 5) is 0. The van der Waals surface area contributed by atoms with Crippen LogP contribution in [-0.4, -0.2) is 43.3 Å². The number of aromatic nitrogens is 2. The number of hydrogen-bond donors (Lipinski definition) is 1. The maximum absolute atomic E-state index is 12.7. The van der Waals surface area contributed by atoms with Crippen LogP contribution in [0.4, 0.5) is 18.9 Å². The van der Waals surface area contributed by atoms with Gasteiger partial charge in [0.05, 0.1) is 18.1 Å². The van der Waals surface area contributed by atoms with Crippen LogP contribution in [0.5, 0.6) is 5.75 Å². The number of alkyl halides is 3. The van der Waals surface area contributed by atoms with Gasteiger partial charge in [-0.25, -0.2) is 4.52 Å². The van der Waals surface area contributed by atoms with Gasteiger partial charge in [0.25, 0.3) is 0 Å². The minimum Gasteiger partial charge on any atom is -0.383 e. The SMILES string of the molecule is N#Cc1cnn2cc(NCC3CCOCC3)cc(OS(=O)(=O)C(F)(F)F)c12. The molecule has 0 bridgehead atoms. The Morgan fingerprint density at radius 2 is 2.11 bits per heavy atom. The predicted octanol–water partition coefficient (Wildman–Crippen LogP) is 2.27. The van der Waals surface area contributed by atoms with E-state index in [-0.39, 0.29) is 11.1 Å². The van der Waals surface area contributed by atoms with E-state index in [0.717, 1.165) is 29.6 Å². The lowest BCUT2D eigenvalue weighted by Crippen LogP contribution is -2.28. The molecule has 0 spiro atoms. The lowest BCUT2D eigenvalue weighted by molar-refractivity contribution is -0.0499. The van der Waals surface area contributed by atoms with Gasteiger partial charge in [0.2, 0.25) is 0 Å². The molecule has 2 aromatic rings. The van der Waals surface area contributed by atoms with E-state index in [9.17, 15) is 21.6 Å². The van der Waals surface area contributed by atoms with E-state index in [4.69, 9.17) is 10.00 Å². The number of rotatable bonds is 5.